The first-order chi connectivity index (χ1) is 46.1. The summed E-state index contributed by atoms with van der Waals surface area (Å²) in [6, 6.07) is 9.39. The second-order valence-electron chi connectivity index (χ2n) is 22.4. The quantitative estimate of drug-likeness (QED) is 0.0274. The topological polar surface area (TPSA) is 491 Å². The number of ether oxygens (including phenoxy) is 12. The van der Waals surface area contributed by atoms with Crippen LogP contribution in [0.1, 0.15) is 26.3 Å². The normalized spacial score (nSPS) is 26.2. The summed E-state index contributed by atoms with van der Waals surface area (Å²) in [4.78, 5) is 78.6. The van der Waals surface area contributed by atoms with Crippen molar-refractivity contribution in [3.63, 3.8) is 0 Å². The molecule has 5 rings (SSSR count). The molecule has 3 heterocycles. The highest BCUT2D eigenvalue weighted by atomic mass is 16.7. The van der Waals surface area contributed by atoms with Crippen LogP contribution in [0.15, 0.2) is 48.5 Å². The number of carbonyl (C=O) groups is 6. The van der Waals surface area contributed by atoms with Gasteiger partial charge in [-0.05, 0) is 35.2 Å². The highest BCUT2D eigenvalue weighted by Crippen LogP contribution is 2.26. The Morgan fingerprint density at radius 3 is 1.05 bits per heavy atom. The zero-order valence-corrected chi connectivity index (χ0v) is 54.1. The molecular weight excluding hydrogens is 1280 g/mol. The predicted molar refractivity (Wildman–Crippen MR) is 331 cm³/mol. The van der Waals surface area contributed by atoms with E-state index < -0.39 is 166 Å². The van der Waals surface area contributed by atoms with E-state index in [1.165, 1.54) is 25.7 Å². The van der Waals surface area contributed by atoms with Crippen molar-refractivity contribution in [1.29, 1.82) is 0 Å². The van der Waals surface area contributed by atoms with Crippen molar-refractivity contribution in [1.82, 2.24) is 36.8 Å². The van der Waals surface area contributed by atoms with Gasteiger partial charge in [0.15, 0.2) is 18.9 Å². The molecule has 16 atom stereocenters. The number of carbonyl (C=O) groups excluding carboxylic acids is 6. The van der Waals surface area contributed by atoms with E-state index in [1.807, 2.05) is 12.1 Å². The van der Waals surface area contributed by atoms with Gasteiger partial charge in [-0.15, -0.1) is 0 Å². The molecule has 3 saturated heterocycles. The number of hydrogen-bond donors (Lipinski definition) is 16. The minimum Gasteiger partial charge on any atom is -0.508 e. The van der Waals surface area contributed by atoms with Gasteiger partial charge in [-0.2, -0.15) is 0 Å². The van der Waals surface area contributed by atoms with Crippen molar-refractivity contribution in [2.45, 2.75) is 125 Å². The Hall–Kier alpha value is -5.82. The molecule has 544 valence electrons. The minimum atomic E-state index is -1.48. The lowest BCUT2D eigenvalue weighted by Crippen LogP contribution is -2.64. The van der Waals surface area contributed by atoms with Crippen molar-refractivity contribution in [3.8, 4) is 16.9 Å². The molecule has 0 aromatic heterocycles. The zero-order valence-electron chi connectivity index (χ0n) is 54.1. The van der Waals surface area contributed by atoms with Crippen LogP contribution in [-0.2, 0) is 92.0 Å². The Balaban J connectivity index is 1.14. The van der Waals surface area contributed by atoms with Gasteiger partial charge in [0.25, 0.3) is 0 Å². The van der Waals surface area contributed by atoms with E-state index in [-0.39, 0.29) is 131 Å². The molecule has 1 unspecified atom stereocenters. The molecule has 2 aromatic carbocycles. The van der Waals surface area contributed by atoms with Gasteiger partial charge < -0.3 is 140 Å². The Morgan fingerprint density at radius 1 is 0.427 bits per heavy atom. The van der Waals surface area contributed by atoms with Crippen molar-refractivity contribution < 1.29 is 137 Å². The first kappa shape index (κ1) is 80.9. The van der Waals surface area contributed by atoms with Crippen LogP contribution >= 0.6 is 0 Å². The van der Waals surface area contributed by atoms with Gasteiger partial charge in [-0.25, -0.2) is 0 Å². The maximum absolute atomic E-state index is 14.4. The average molecular weight is 1380 g/mol. The Kier molecular flexibility index (Phi) is 37.3. The third kappa shape index (κ3) is 27.8. The largest absolute Gasteiger partial charge is 0.508 e. The zero-order chi connectivity index (χ0) is 69.9. The molecule has 2 aromatic rings. The van der Waals surface area contributed by atoms with Crippen LogP contribution in [0, 0.1) is 0 Å². The van der Waals surface area contributed by atoms with Crippen LogP contribution < -0.4 is 31.9 Å². The van der Waals surface area contributed by atoms with Crippen LogP contribution in [0.25, 0.3) is 11.1 Å². The van der Waals surface area contributed by atoms with E-state index in [2.05, 4.69) is 31.9 Å². The van der Waals surface area contributed by atoms with E-state index in [0.717, 1.165) is 11.1 Å². The summed E-state index contributed by atoms with van der Waals surface area (Å²) in [6.45, 7) is 1.55. The number of phenolic OH excluding ortho intramolecular Hbond substituents is 1. The number of phenols is 1. The molecule has 96 heavy (non-hydrogen) atoms. The average Bonchev–Trinajstić information content (AvgIpc) is 0.844. The molecule has 16 N–H and O–H groups in total. The lowest BCUT2D eigenvalue weighted by atomic mass is 9.97. The highest BCUT2D eigenvalue weighted by molar-refractivity contribution is 5.86. The third-order valence-electron chi connectivity index (χ3n) is 15.1. The van der Waals surface area contributed by atoms with Crippen LogP contribution in [0.5, 0.6) is 5.75 Å². The molecule has 0 spiro atoms. The summed E-state index contributed by atoms with van der Waals surface area (Å²) >= 11 is 0. The van der Waals surface area contributed by atoms with Gasteiger partial charge in [0.05, 0.1) is 138 Å². The monoisotopic (exact) mass is 1380 g/mol. The van der Waals surface area contributed by atoms with E-state index in [9.17, 15) is 79.8 Å². The number of benzene rings is 2. The van der Waals surface area contributed by atoms with Crippen LogP contribution in [0.4, 0.5) is 0 Å². The summed E-state index contributed by atoms with van der Waals surface area (Å²) in [7, 11) is 0. The van der Waals surface area contributed by atoms with E-state index >= 15 is 0 Å². The van der Waals surface area contributed by atoms with Gasteiger partial charge in [0, 0.05) is 40.4 Å². The van der Waals surface area contributed by atoms with Gasteiger partial charge in [-0.3, -0.25) is 33.7 Å². The van der Waals surface area contributed by atoms with Crippen molar-refractivity contribution in [2.75, 3.05) is 152 Å². The Labute approximate surface area is 555 Å². The molecular formula is C61H97N7O28. The summed E-state index contributed by atoms with van der Waals surface area (Å²) < 4.78 is 67.4. The molecule has 35 nitrogen and oxygen atoms in total. The molecule has 35 heteroatoms. The molecule has 0 aliphatic carbocycles. The second kappa shape index (κ2) is 44.3. The van der Waals surface area contributed by atoms with Crippen LogP contribution in [0.3, 0.4) is 0 Å². The van der Waals surface area contributed by atoms with E-state index in [4.69, 9.17) is 56.8 Å². The maximum Gasteiger partial charge on any atom is 0.237 e. The van der Waals surface area contributed by atoms with E-state index in [0.29, 0.717) is 5.56 Å². The summed E-state index contributed by atoms with van der Waals surface area (Å²) in [5, 5.41) is 117. The third-order valence-corrected chi connectivity index (χ3v) is 15.1. The van der Waals surface area contributed by atoms with Crippen molar-refractivity contribution >= 4 is 35.4 Å². The number of nitrogens with one attached hydrogen (secondary N) is 6. The van der Waals surface area contributed by atoms with Gasteiger partial charge >= 0.3 is 0 Å². The number of aliphatic hydroxyl groups is 9. The number of nitrogens with zero attached hydrogens (tertiary/aromatic N) is 1. The minimum absolute atomic E-state index is 0.00122. The summed E-state index contributed by atoms with van der Waals surface area (Å²) in [5.74, 6) is -3.08. The molecule has 0 bridgehead atoms. The van der Waals surface area contributed by atoms with Crippen LogP contribution in [0.2, 0.25) is 0 Å². The number of aromatic hydroxyl groups is 1. The fourth-order valence-corrected chi connectivity index (χ4v) is 10.2. The van der Waals surface area contributed by atoms with E-state index in [1.54, 1.807) is 36.4 Å². The van der Waals surface area contributed by atoms with Crippen molar-refractivity contribution in [3.05, 3.63) is 54.1 Å². The highest BCUT2D eigenvalue weighted by Gasteiger charge is 2.48. The molecule has 3 aliphatic rings. The predicted octanol–water partition coefficient (Wildman–Crippen LogP) is -7.40. The second-order valence-corrected chi connectivity index (χ2v) is 22.4. The molecule has 0 radical (unpaired) electrons. The fraction of sp³-hybridized carbons (Fsp3) is 0.705. The number of amides is 6. The summed E-state index contributed by atoms with van der Waals surface area (Å²) in [6.07, 6.45) is -15.9. The lowest BCUT2D eigenvalue weighted by Gasteiger charge is -2.42. The molecule has 3 aliphatic heterocycles. The van der Waals surface area contributed by atoms with Gasteiger partial charge in [0.2, 0.25) is 35.4 Å². The van der Waals surface area contributed by atoms with Gasteiger partial charge in [-0.1, -0.05) is 36.4 Å². The van der Waals surface area contributed by atoms with Gasteiger partial charge in [0.1, 0.15) is 78.8 Å². The standard InChI is InChI=1S/C61H97N7O28/c1-36(72)65-49-55(81)52(78)44(33-69)94-59(49)91-27-24-88-21-18-85-15-12-62-47(76)31-68(32-48(77)63-13-16-86-19-22-89-25-28-92-60-50(66-37(2)73)56(82)53(79)45(34-70)95-60)43(30-39-4-6-40(7-5-39)41-8-10-42(75)11-9-41)58(84)64-14-17-87-20-23-90-26-29-93-61-51(67-38(3)74)57(83)54(80)46(35-71)96-61/h4-11,43-46,49-57,59-61,69-71,75,78-83H,12-35H2,1-3H3,(H,62,76)(H,63,77)(H,64,84)(H,65,72)(H,66,73)(H,67,74)/t43?,44-,45-,46-,49-,50-,51-,52+,53+,54+,55-,56-,57-,59-,60-,61-/m1/s1. The Morgan fingerprint density at radius 2 is 0.729 bits per heavy atom. The molecule has 0 saturated carbocycles. The number of aliphatic hydroxyl groups excluding tert-OH is 9. The number of rotatable bonds is 45. The first-order valence-electron chi connectivity index (χ1n) is 31.6. The van der Waals surface area contributed by atoms with Crippen molar-refractivity contribution in [2.24, 2.45) is 0 Å². The maximum atomic E-state index is 14.4. The fourth-order valence-electron chi connectivity index (χ4n) is 10.2. The Bertz CT molecular complexity index is 2500. The SMILES string of the molecule is CC(=O)N[C@H]1[C@H](OCCOCCOCCNC(=O)CN(CC(=O)NCCOCCOCCO[C@@H]2O[C@H](CO)[C@H](O)[C@H](O)[C@H]2NC(C)=O)C(Cc2ccc(-c3ccc(O)cc3)cc2)C(=O)NCCOCCOCCO[C@@H]2O[C@H](CO)[C@H](O)[C@H](O)[C@H]2NC(C)=O)O[C@H](CO)[C@H](O)[C@@H]1O. The lowest BCUT2D eigenvalue weighted by molar-refractivity contribution is -0.272. The molecule has 3 fully saturated rings. The van der Waals surface area contributed by atoms with Crippen LogP contribution in [-0.4, -0.2) is 341 Å². The summed E-state index contributed by atoms with van der Waals surface area (Å²) in [5.41, 5.74) is 2.30. The number of hydrogen-bond acceptors (Lipinski definition) is 29. The smallest absolute Gasteiger partial charge is 0.237 e. The first-order valence-corrected chi connectivity index (χ1v) is 31.6. The molecule has 6 amide bonds.